The van der Waals surface area contributed by atoms with E-state index in [-0.39, 0.29) is 11.9 Å². The number of furan rings is 1. The zero-order valence-electron chi connectivity index (χ0n) is 11.6. The smallest absolute Gasteiger partial charge is 0.237 e. The Balaban J connectivity index is 1.88. The Kier molecular flexibility index (Phi) is 4.61. The van der Waals surface area contributed by atoms with Crippen LogP contribution in [0.5, 0.6) is 0 Å². The second kappa shape index (κ2) is 6.21. The second-order valence-corrected chi connectivity index (χ2v) is 5.28. The summed E-state index contributed by atoms with van der Waals surface area (Å²) in [5, 5.41) is 2.91. The largest absolute Gasteiger partial charge is 0.467 e. The number of nitrogens with one attached hydrogen (secondary N) is 1. The third-order valence-electron chi connectivity index (χ3n) is 4.06. The van der Waals surface area contributed by atoms with Crippen LogP contribution in [0.2, 0.25) is 0 Å². The summed E-state index contributed by atoms with van der Waals surface area (Å²) in [6.07, 6.45) is 2.72. The fourth-order valence-corrected chi connectivity index (χ4v) is 2.77. The summed E-state index contributed by atoms with van der Waals surface area (Å²) < 4.78 is 5.20. The average molecular weight is 265 g/mol. The van der Waals surface area contributed by atoms with Gasteiger partial charge in [-0.2, -0.15) is 0 Å². The van der Waals surface area contributed by atoms with E-state index in [1.54, 1.807) is 6.26 Å². The lowest BCUT2D eigenvalue weighted by Gasteiger charge is -2.30. The van der Waals surface area contributed by atoms with E-state index in [0.717, 1.165) is 18.7 Å². The van der Waals surface area contributed by atoms with Crippen LogP contribution in [0.3, 0.4) is 0 Å². The highest BCUT2D eigenvalue weighted by Crippen LogP contribution is 2.25. The van der Waals surface area contributed by atoms with E-state index in [2.05, 4.69) is 17.1 Å². The van der Waals surface area contributed by atoms with Crippen molar-refractivity contribution in [2.45, 2.75) is 38.9 Å². The number of nitrogens with two attached hydrogens (primary N) is 1. The lowest BCUT2D eigenvalue weighted by molar-refractivity contribution is -0.126. The molecule has 0 saturated carbocycles. The van der Waals surface area contributed by atoms with Gasteiger partial charge in [-0.05, 0) is 37.9 Å². The Morgan fingerprint density at radius 3 is 3.11 bits per heavy atom. The van der Waals surface area contributed by atoms with E-state index in [9.17, 15) is 4.79 Å². The predicted molar refractivity (Wildman–Crippen MR) is 73.3 cm³/mol. The molecule has 1 fully saturated rings. The molecule has 106 valence electrons. The van der Waals surface area contributed by atoms with Crippen molar-refractivity contribution in [3.8, 4) is 0 Å². The van der Waals surface area contributed by atoms with Crippen molar-refractivity contribution in [1.29, 1.82) is 0 Å². The van der Waals surface area contributed by atoms with E-state index >= 15 is 0 Å². The number of hydrogen-bond donors (Lipinski definition) is 2. The summed E-state index contributed by atoms with van der Waals surface area (Å²) >= 11 is 0. The molecule has 0 radical (unpaired) electrons. The molecule has 1 aliphatic rings. The third-order valence-corrected chi connectivity index (χ3v) is 4.06. The van der Waals surface area contributed by atoms with Crippen molar-refractivity contribution in [3.63, 3.8) is 0 Å². The van der Waals surface area contributed by atoms with Crippen LogP contribution in [-0.2, 0) is 11.3 Å². The van der Waals surface area contributed by atoms with Crippen LogP contribution in [0.1, 0.15) is 26.0 Å². The topological polar surface area (TPSA) is 71.5 Å². The Morgan fingerprint density at radius 1 is 1.68 bits per heavy atom. The molecule has 3 N–H and O–H groups in total. The van der Waals surface area contributed by atoms with Crippen LogP contribution >= 0.6 is 0 Å². The van der Waals surface area contributed by atoms with E-state index in [1.807, 2.05) is 19.1 Å². The molecule has 5 nitrogen and oxygen atoms in total. The molecule has 1 saturated heterocycles. The monoisotopic (exact) mass is 265 g/mol. The summed E-state index contributed by atoms with van der Waals surface area (Å²) in [5.74, 6) is 1.36. The zero-order chi connectivity index (χ0) is 13.8. The van der Waals surface area contributed by atoms with E-state index in [0.29, 0.717) is 25.0 Å². The highest BCUT2D eigenvalue weighted by molar-refractivity contribution is 5.81. The van der Waals surface area contributed by atoms with Crippen molar-refractivity contribution in [1.82, 2.24) is 10.2 Å². The molecular weight excluding hydrogens is 242 g/mol. The van der Waals surface area contributed by atoms with Gasteiger partial charge in [-0.15, -0.1) is 0 Å². The average Bonchev–Trinajstić information content (AvgIpc) is 3.04. The molecule has 2 rings (SSSR count). The lowest BCUT2D eigenvalue weighted by atomic mass is 10.0. The van der Waals surface area contributed by atoms with Crippen LogP contribution in [0, 0.1) is 5.92 Å². The molecule has 5 heteroatoms. The van der Waals surface area contributed by atoms with Gasteiger partial charge in [-0.1, -0.05) is 6.92 Å². The van der Waals surface area contributed by atoms with Crippen LogP contribution in [0.25, 0.3) is 0 Å². The standard InChI is InChI=1S/C14H23N3O2/c1-10-5-6-17(13(10)8-15)11(2)14(18)16-9-12-4-3-7-19-12/h3-4,7,10-11,13H,5-6,8-9,15H2,1-2H3,(H,16,18). The molecule has 1 amide bonds. The summed E-state index contributed by atoms with van der Waals surface area (Å²) in [5.41, 5.74) is 5.82. The first-order valence-corrected chi connectivity index (χ1v) is 6.89. The molecule has 3 atom stereocenters. The van der Waals surface area contributed by atoms with Gasteiger partial charge >= 0.3 is 0 Å². The van der Waals surface area contributed by atoms with Gasteiger partial charge in [0.1, 0.15) is 5.76 Å². The van der Waals surface area contributed by atoms with Crippen LogP contribution in [-0.4, -0.2) is 36.0 Å². The van der Waals surface area contributed by atoms with Crippen molar-refractivity contribution in [2.75, 3.05) is 13.1 Å². The number of rotatable bonds is 5. The third kappa shape index (κ3) is 3.16. The molecule has 0 aliphatic carbocycles. The van der Waals surface area contributed by atoms with Crippen LogP contribution in [0.15, 0.2) is 22.8 Å². The predicted octanol–water partition coefficient (Wildman–Crippen LogP) is 0.953. The highest BCUT2D eigenvalue weighted by atomic mass is 16.3. The van der Waals surface area contributed by atoms with Gasteiger partial charge in [0.05, 0.1) is 18.8 Å². The number of likely N-dealkylation sites (tertiary alicyclic amines) is 1. The number of carbonyl (C=O) groups is 1. The molecule has 3 unspecified atom stereocenters. The second-order valence-electron chi connectivity index (χ2n) is 5.28. The molecule has 2 heterocycles. The van der Waals surface area contributed by atoms with E-state index < -0.39 is 0 Å². The molecular formula is C14H23N3O2. The molecule has 0 aromatic carbocycles. The first-order chi connectivity index (χ1) is 9.13. The molecule has 0 bridgehead atoms. The molecule has 1 aliphatic heterocycles. The van der Waals surface area contributed by atoms with Gasteiger partial charge in [0.25, 0.3) is 0 Å². The molecule has 0 spiro atoms. The van der Waals surface area contributed by atoms with Gasteiger partial charge < -0.3 is 15.5 Å². The number of amides is 1. The van der Waals surface area contributed by atoms with Crippen molar-refractivity contribution in [2.24, 2.45) is 11.7 Å². The lowest BCUT2D eigenvalue weighted by Crippen LogP contribution is -2.50. The maximum atomic E-state index is 12.2. The SMILES string of the molecule is CC1CCN(C(C)C(=O)NCc2ccco2)C1CN. The maximum Gasteiger partial charge on any atom is 0.237 e. The Bertz CT molecular complexity index is 405. The first-order valence-electron chi connectivity index (χ1n) is 6.89. The Labute approximate surface area is 114 Å². The van der Waals surface area contributed by atoms with Gasteiger partial charge in [-0.25, -0.2) is 0 Å². The molecule has 1 aromatic rings. The van der Waals surface area contributed by atoms with Gasteiger partial charge in [0.2, 0.25) is 5.91 Å². The minimum Gasteiger partial charge on any atom is -0.467 e. The summed E-state index contributed by atoms with van der Waals surface area (Å²) in [6.45, 7) is 6.13. The quantitative estimate of drug-likeness (QED) is 0.831. The summed E-state index contributed by atoms with van der Waals surface area (Å²) in [6, 6.07) is 3.83. The molecule has 1 aromatic heterocycles. The number of hydrogen-bond acceptors (Lipinski definition) is 4. The molecule has 19 heavy (non-hydrogen) atoms. The summed E-state index contributed by atoms with van der Waals surface area (Å²) in [4.78, 5) is 14.4. The van der Waals surface area contributed by atoms with Crippen LogP contribution < -0.4 is 11.1 Å². The zero-order valence-corrected chi connectivity index (χ0v) is 11.6. The van der Waals surface area contributed by atoms with Crippen molar-refractivity contribution < 1.29 is 9.21 Å². The van der Waals surface area contributed by atoms with Gasteiger partial charge in [-0.3, -0.25) is 9.69 Å². The highest BCUT2D eigenvalue weighted by Gasteiger charge is 2.35. The van der Waals surface area contributed by atoms with E-state index in [1.165, 1.54) is 0 Å². The number of nitrogens with zero attached hydrogens (tertiary/aromatic N) is 1. The fourth-order valence-electron chi connectivity index (χ4n) is 2.77. The van der Waals surface area contributed by atoms with Crippen molar-refractivity contribution >= 4 is 5.91 Å². The van der Waals surface area contributed by atoms with Gasteiger partial charge in [0, 0.05) is 12.6 Å². The van der Waals surface area contributed by atoms with E-state index in [4.69, 9.17) is 10.2 Å². The minimum absolute atomic E-state index is 0.0314. The minimum atomic E-state index is -0.145. The van der Waals surface area contributed by atoms with Crippen molar-refractivity contribution in [3.05, 3.63) is 24.2 Å². The Hall–Kier alpha value is -1.33. The van der Waals surface area contributed by atoms with Crippen LogP contribution in [0.4, 0.5) is 0 Å². The normalized spacial score (nSPS) is 25.4. The van der Waals surface area contributed by atoms with Gasteiger partial charge in [0.15, 0.2) is 0 Å². The maximum absolute atomic E-state index is 12.2. The number of carbonyl (C=O) groups excluding carboxylic acids is 1. The first kappa shape index (κ1) is 14.1. The fraction of sp³-hybridized carbons (Fsp3) is 0.643. The summed E-state index contributed by atoms with van der Waals surface area (Å²) in [7, 11) is 0. The Morgan fingerprint density at radius 2 is 2.47 bits per heavy atom.